The molecule has 5 fully saturated rings. The van der Waals surface area contributed by atoms with Gasteiger partial charge in [-0.2, -0.15) is 18.3 Å². The number of carbonyl (C=O) groups is 1. The van der Waals surface area contributed by atoms with E-state index < -0.39 is 11.9 Å². The van der Waals surface area contributed by atoms with Gasteiger partial charge in [-0.3, -0.25) is 9.48 Å². The standard InChI is InChI=1S/C20H25ClF3N3O/c21-16-17(14-1-2-14)27(26-18(16)20(22,23)24)9-15(28)25-10-19-6-11-3-12(7-19)5-13(4-11)8-19/h11-14H,1-10H2,(H,25,28). The maximum absolute atomic E-state index is 13.2. The quantitative estimate of drug-likeness (QED) is 0.753. The van der Waals surface area contributed by atoms with E-state index in [4.69, 9.17) is 11.6 Å². The molecule has 4 bridgehead atoms. The summed E-state index contributed by atoms with van der Waals surface area (Å²) < 4.78 is 40.7. The smallest absolute Gasteiger partial charge is 0.354 e. The predicted octanol–water partition coefficient (Wildman–Crippen LogP) is 4.77. The molecule has 0 saturated heterocycles. The van der Waals surface area contributed by atoms with Crippen LogP contribution < -0.4 is 5.32 Å². The molecule has 28 heavy (non-hydrogen) atoms. The number of alkyl halides is 3. The summed E-state index contributed by atoms with van der Waals surface area (Å²) in [5.74, 6) is 2.09. The van der Waals surface area contributed by atoms with Crippen molar-refractivity contribution < 1.29 is 18.0 Å². The Kier molecular flexibility index (Phi) is 4.27. The van der Waals surface area contributed by atoms with E-state index in [1.165, 1.54) is 43.2 Å². The first kappa shape index (κ1) is 18.8. The molecule has 1 aromatic rings. The van der Waals surface area contributed by atoms with Crippen LogP contribution in [0.2, 0.25) is 5.02 Å². The molecule has 8 heteroatoms. The number of aromatic nitrogens is 2. The number of rotatable bonds is 5. The van der Waals surface area contributed by atoms with Gasteiger partial charge in [-0.05, 0) is 74.5 Å². The lowest BCUT2D eigenvalue weighted by molar-refractivity contribution is -0.141. The second-order valence-electron chi connectivity index (χ2n) is 9.67. The van der Waals surface area contributed by atoms with Gasteiger partial charge in [-0.25, -0.2) is 0 Å². The zero-order valence-corrected chi connectivity index (χ0v) is 16.5. The number of halogens is 4. The SMILES string of the molecule is O=C(Cn1nc(C(F)(F)F)c(Cl)c1C1CC1)NCC12CC3CC(CC(C3)C1)C2. The largest absolute Gasteiger partial charge is 0.436 e. The maximum Gasteiger partial charge on any atom is 0.436 e. The summed E-state index contributed by atoms with van der Waals surface area (Å²) in [4.78, 5) is 12.6. The number of hydrogen-bond donors (Lipinski definition) is 1. The third-order valence-corrected chi connectivity index (χ3v) is 7.66. The van der Waals surface area contributed by atoms with Crippen LogP contribution in [0.25, 0.3) is 0 Å². The number of amides is 1. The highest BCUT2D eigenvalue weighted by molar-refractivity contribution is 6.32. The molecular formula is C20H25ClF3N3O. The van der Waals surface area contributed by atoms with Crippen molar-refractivity contribution in [3.8, 4) is 0 Å². The minimum atomic E-state index is -4.61. The van der Waals surface area contributed by atoms with Gasteiger partial charge in [0.15, 0.2) is 5.69 Å². The van der Waals surface area contributed by atoms with E-state index >= 15 is 0 Å². The molecular weight excluding hydrogens is 391 g/mol. The molecule has 0 aromatic carbocycles. The van der Waals surface area contributed by atoms with Crippen LogP contribution in [-0.2, 0) is 17.5 Å². The first-order valence-corrected chi connectivity index (χ1v) is 10.7. The Morgan fingerprint density at radius 2 is 1.71 bits per heavy atom. The van der Waals surface area contributed by atoms with Crippen LogP contribution in [0.3, 0.4) is 0 Å². The van der Waals surface area contributed by atoms with E-state index in [0.29, 0.717) is 12.2 Å². The van der Waals surface area contributed by atoms with Gasteiger partial charge in [0.2, 0.25) is 5.91 Å². The molecule has 5 saturated carbocycles. The first-order valence-electron chi connectivity index (χ1n) is 10.3. The summed E-state index contributed by atoms with van der Waals surface area (Å²) in [6, 6.07) is 0. The van der Waals surface area contributed by atoms with E-state index in [1.807, 2.05) is 0 Å². The Bertz CT molecular complexity index is 764. The Morgan fingerprint density at radius 1 is 1.14 bits per heavy atom. The second kappa shape index (κ2) is 6.38. The fraction of sp³-hybridized carbons (Fsp3) is 0.800. The lowest BCUT2D eigenvalue weighted by atomic mass is 9.49. The maximum atomic E-state index is 13.2. The van der Waals surface area contributed by atoms with Crippen molar-refractivity contribution in [3.63, 3.8) is 0 Å². The summed E-state index contributed by atoms with van der Waals surface area (Å²) >= 11 is 5.99. The van der Waals surface area contributed by atoms with Gasteiger partial charge >= 0.3 is 6.18 Å². The average Bonchev–Trinajstić information content (AvgIpc) is 3.35. The molecule has 1 amide bonds. The van der Waals surface area contributed by atoms with Gasteiger partial charge in [0.1, 0.15) is 6.54 Å². The molecule has 154 valence electrons. The number of hydrogen-bond acceptors (Lipinski definition) is 2. The molecule has 0 aliphatic heterocycles. The van der Waals surface area contributed by atoms with Crippen LogP contribution >= 0.6 is 11.6 Å². The number of nitrogens with zero attached hydrogens (tertiary/aromatic N) is 2. The Balaban J connectivity index is 1.28. The third kappa shape index (κ3) is 3.33. The zero-order valence-electron chi connectivity index (χ0n) is 15.7. The minimum Gasteiger partial charge on any atom is -0.354 e. The molecule has 1 aromatic heterocycles. The monoisotopic (exact) mass is 415 g/mol. The second-order valence-corrected chi connectivity index (χ2v) is 10.0. The van der Waals surface area contributed by atoms with Crippen molar-refractivity contribution in [3.05, 3.63) is 16.4 Å². The van der Waals surface area contributed by atoms with Crippen LogP contribution in [0.4, 0.5) is 13.2 Å². The topological polar surface area (TPSA) is 46.9 Å². The van der Waals surface area contributed by atoms with Gasteiger partial charge in [-0.15, -0.1) is 0 Å². The van der Waals surface area contributed by atoms with Crippen molar-refractivity contribution in [2.45, 2.75) is 70.0 Å². The molecule has 0 radical (unpaired) electrons. The van der Waals surface area contributed by atoms with Crippen LogP contribution in [-0.4, -0.2) is 22.2 Å². The molecule has 0 spiro atoms. The average molecular weight is 416 g/mol. The van der Waals surface area contributed by atoms with Gasteiger partial charge in [0.25, 0.3) is 0 Å². The highest BCUT2D eigenvalue weighted by Gasteiger charge is 2.50. The zero-order chi connectivity index (χ0) is 19.7. The van der Waals surface area contributed by atoms with Crippen molar-refractivity contribution in [2.24, 2.45) is 23.2 Å². The lowest BCUT2D eigenvalue weighted by Crippen LogP contribution is -2.51. The van der Waals surface area contributed by atoms with Gasteiger partial charge in [0.05, 0.1) is 10.7 Å². The molecule has 0 unspecified atom stereocenters. The van der Waals surface area contributed by atoms with Crippen molar-refractivity contribution in [1.29, 1.82) is 0 Å². The fourth-order valence-electron chi connectivity index (χ4n) is 6.49. The summed E-state index contributed by atoms with van der Waals surface area (Å²) in [7, 11) is 0. The van der Waals surface area contributed by atoms with E-state index in [2.05, 4.69) is 10.4 Å². The van der Waals surface area contributed by atoms with Gasteiger partial charge < -0.3 is 5.32 Å². The van der Waals surface area contributed by atoms with Crippen LogP contribution in [0, 0.1) is 23.2 Å². The normalized spacial score (nSPS) is 34.1. The molecule has 1 N–H and O–H groups in total. The van der Waals surface area contributed by atoms with Crippen LogP contribution in [0.15, 0.2) is 0 Å². The highest BCUT2D eigenvalue weighted by Crippen LogP contribution is 2.59. The van der Waals surface area contributed by atoms with E-state index in [0.717, 1.165) is 30.6 Å². The van der Waals surface area contributed by atoms with Gasteiger partial charge in [-0.1, -0.05) is 11.6 Å². The number of carbonyl (C=O) groups excluding carboxylic acids is 1. The van der Waals surface area contributed by atoms with E-state index in [1.54, 1.807) is 0 Å². The lowest BCUT2D eigenvalue weighted by Gasteiger charge is -2.56. The van der Waals surface area contributed by atoms with E-state index in [-0.39, 0.29) is 28.8 Å². The summed E-state index contributed by atoms with van der Waals surface area (Å²) in [6.45, 7) is 0.434. The van der Waals surface area contributed by atoms with Crippen LogP contribution in [0.5, 0.6) is 0 Å². The highest BCUT2D eigenvalue weighted by atomic mass is 35.5. The fourth-order valence-corrected chi connectivity index (χ4v) is 6.88. The number of nitrogens with one attached hydrogen (secondary N) is 1. The Hall–Kier alpha value is -1.24. The summed E-state index contributed by atoms with van der Waals surface area (Å²) in [6.07, 6.45) is 4.52. The summed E-state index contributed by atoms with van der Waals surface area (Å²) in [5, 5.41) is 6.33. The van der Waals surface area contributed by atoms with Gasteiger partial charge in [0, 0.05) is 12.5 Å². The predicted molar refractivity (Wildman–Crippen MR) is 97.8 cm³/mol. The summed E-state index contributed by atoms with van der Waals surface area (Å²) in [5.41, 5.74) is -0.522. The molecule has 1 heterocycles. The Morgan fingerprint density at radius 3 is 2.21 bits per heavy atom. The van der Waals surface area contributed by atoms with Crippen LogP contribution in [0.1, 0.15) is 68.7 Å². The first-order chi connectivity index (χ1) is 13.2. The molecule has 5 aliphatic rings. The molecule has 5 aliphatic carbocycles. The van der Waals surface area contributed by atoms with Crippen molar-refractivity contribution in [1.82, 2.24) is 15.1 Å². The van der Waals surface area contributed by atoms with Crippen molar-refractivity contribution in [2.75, 3.05) is 6.54 Å². The molecule has 6 rings (SSSR count). The third-order valence-electron chi connectivity index (χ3n) is 7.28. The molecule has 0 atom stereocenters. The van der Waals surface area contributed by atoms with E-state index in [9.17, 15) is 18.0 Å². The molecule has 4 nitrogen and oxygen atoms in total. The minimum absolute atomic E-state index is 0.0212. The Labute approximate surface area is 167 Å². The van der Waals surface area contributed by atoms with Crippen molar-refractivity contribution >= 4 is 17.5 Å².